The smallest absolute Gasteiger partial charge is 0.311 e. The van der Waals surface area contributed by atoms with Gasteiger partial charge in [-0.1, -0.05) is 51.0 Å². The van der Waals surface area contributed by atoms with E-state index in [9.17, 15) is 30.3 Å². The quantitative estimate of drug-likeness (QED) is 0.0677. The van der Waals surface area contributed by atoms with Crippen molar-refractivity contribution in [3.05, 3.63) is 30.3 Å². The number of methoxy groups -OCH3 is 2. The Morgan fingerprint density at radius 3 is 2.19 bits per heavy atom. The first-order valence-electron chi connectivity index (χ1n) is 22.1. The van der Waals surface area contributed by atoms with Crippen LogP contribution in [0.3, 0.4) is 0 Å². The number of hydrogen-bond donors (Lipinski definition) is 6. The number of nitrogens with one attached hydrogen (secondary N) is 1. The second-order valence-corrected chi connectivity index (χ2v) is 18.3. The third-order valence-corrected chi connectivity index (χ3v) is 13.1. The third kappa shape index (κ3) is 12.6. The summed E-state index contributed by atoms with van der Waals surface area (Å²) >= 11 is 0. The summed E-state index contributed by atoms with van der Waals surface area (Å²) in [7, 11) is 3.04. The van der Waals surface area contributed by atoms with Crippen LogP contribution in [0.2, 0.25) is 0 Å². The first-order chi connectivity index (χ1) is 29.1. The molecule has 0 unspecified atom stereocenters. The van der Waals surface area contributed by atoms with Crippen molar-refractivity contribution in [3.63, 3.8) is 0 Å². The number of aliphatic hydroxyl groups excluding tert-OH is 3. The molecule has 1 aromatic carbocycles. The third-order valence-electron chi connectivity index (χ3n) is 13.1. The van der Waals surface area contributed by atoms with Gasteiger partial charge in [0.2, 0.25) is 6.79 Å². The molecule has 18 atom stereocenters. The van der Waals surface area contributed by atoms with Crippen molar-refractivity contribution in [1.82, 2.24) is 0 Å². The summed E-state index contributed by atoms with van der Waals surface area (Å²) in [6.45, 7) is 17.3. The maximum atomic E-state index is 14.4. The number of para-hydroxylation sites is 1. The van der Waals surface area contributed by atoms with Gasteiger partial charge in [0, 0.05) is 44.1 Å². The molecule has 3 aliphatic rings. The SMILES string of the molecule is CC[C@H]1OC(=O)[C@H](C)[C@@H](O[C@H]2C[C@@](C)(OC)[C@@H](O)[C@H](C)O2)[C@H](C)[C@@H](O[C@@H]2O[C@H](C)C[C@H](Nc3ccccc3)[C@H]2O)[C@](C)(O)C[C@@H](C)/C(=N\OCOCCOC)[C@H](C)[C@@H](O)[C@]1(C)O. The number of cyclic esters (lactones) is 1. The van der Waals surface area contributed by atoms with E-state index >= 15 is 0 Å². The Hall–Kier alpha value is -2.52. The minimum absolute atomic E-state index is 0.0499. The Morgan fingerprint density at radius 2 is 1.56 bits per heavy atom. The molecule has 3 saturated heterocycles. The molecule has 356 valence electrons. The molecule has 4 rings (SSSR count). The predicted octanol–water partition coefficient (Wildman–Crippen LogP) is 3.76. The normalized spacial score (nSPS) is 43.4. The number of carbonyl (C=O) groups excluding carboxylic acids is 1. The van der Waals surface area contributed by atoms with Crippen molar-refractivity contribution < 1.29 is 73.1 Å². The maximum absolute atomic E-state index is 14.4. The number of nitrogens with zero attached hydrogens (tertiary/aromatic N) is 1. The van der Waals surface area contributed by atoms with Crippen LogP contribution in [0.15, 0.2) is 35.5 Å². The molecule has 3 aliphatic heterocycles. The number of hydrogen-bond acceptors (Lipinski definition) is 17. The largest absolute Gasteiger partial charge is 0.459 e. The van der Waals surface area contributed by atoms with E-state index in [1.165, 1.54) is 14.0 Å². The van der Waals surface area contributed by atoms with E-state index in [1.807, 2.05) is 44.2 Å². The van der Waals surface area contributed by atoms with Crippen LogP contribution >= 0.6 is 0 Å². The summed E-state index contributed by atoms with van der Waals surface area (Å²) in [4.78, 5) is 20.0. The zero-order valence-corrected chi connectivity index (χ0v) is 38.8. The van der Waals surface area contributed by atoms with E-state index in [2.05, 4.69) is 10.5 Å². The van der Waals surface area contributed by atoms with Crippen LogP contribution in [0, 0.1) is 23.7 Å². The monoisotopic (exact) mass is 885 g/mol. The Balaban J connectivity index is 1.84. The summed E-state index contributed by atoms with van der Waals surface area (Å²) in [5.41, 5.74) is -3.77. The number of anilines is 1. The van der Waals surface area contributed by atoms with Gasteiger partial charge in [-0.15, -0.1) is 0 Å². The van der Waals surface area contributed by atoms with Gasteiger partial charge in [-0.25, -0.2) is 0 Å². The Bertz CT molecular complexity index is 1550. The highest BCUT2D eigenvalue weighted by Crippen LogP contribution is 2.41. The zero-order valence-electron chi connectivity index (χ0n) is 38.8. The van der Waals surface area contributed by atoms with E-state index in [1.54, 1.807) is 55.6 Å². The van der Waals surface area contributed by atoms with Crippen LogP contribution in [-0.4, -0.2) is 156 Å². The Labute approximate surface area is 367 Å². The molecule has 0 amide bonds. The lowest BCUT2D eigenvalue weighted by Gasteiger charge is -2.49. The molecular formula is C45H76N2O15. The number of carbonyl (C=O) groups is 1. The average molecular weight is 885 g/mol. The fraction of sp³-hybridized carbons (Fsp3) is 0.822. The van der Waals surface area contributed by atoms with Crippen LogP contribution in [-0.2, 0) is 47.5 Å². The molecule has 3 fully saturated rings. The van der Waals surface area contributed by atoms with E-state index in [4.69, 9.17) is 42.7 Å². The van der Waals surface area contributed by atoms with Gasteiger partial charge in [0.05, 0.1) is 72.6 Å². The van der Waals surface area contributed by atoms with Gasteiger partial charge >= 0.3 is 5.97 Å². The molecule has 6 N–H and O–H groups in total. The van der Waals surface area contributed by atoms with Crippen molar-refractivity contribution in [3.8, 4) is 0 Å². The molecule has 17 nitrogen and oxygen atoms in total. The van der Waals surface area contributed by atoms with E-state index in [-0.39, 0.29) is 44.5 Å². The van der Waals surface area contributed by atoms with Crippen molar-refractivity contribution in [1.29, 1.82) is 0 Å². The number of benzene rings is 1. The highest BCUT2D eigenvalue weighted by atomic mass is 16.7. The highest BCUT2D eigenvalue weighted by Gasteiger charge is 2.53. The number of ether oxygens (including phenoxy) is 8. The van der Waals surface area contributed by atoms with Gasteiger partial charge in [-0.05, 0) is 72.9 Å². The fourth-order valence-electron chi connectivity index (χ4n) is 9.34. The van der Waals surface area contributed by atoms with Gasteiger partial charge < -0.3 is 73.6 Å². The summed E-state index contributed by atoms with van der Waals surface area (Å²) < 4.78 is 48.4. The van der Waals surface area contributed by atoms with E-state index < -0.39 is 108 Å². The average Bonchev–Trinajstić information content (AvgIpc) is 3.22. The lowest BCUT2D eigenvalue weighted by Crippen LogP contribution is -2.61. The van der Waals surface area contributed by atoms with Crippen LogP contribution < -0.4 is 5.32 Å². The predicted molar refractivity (Wildman–Crippen MR) is 229 cm³/mol. The first kappa shape index (κ1) is 52.1. The summed E-state index contributed by atoms with van der Waals surface area (Å²) in [5.74, 6) is -4.24. The fourth-order valence-corrected chi connectivity index (χ4v) is 9.34. The van der Waals surface area contributed by atoms with Gasteiger partial charge in [-0.2, -0.15) is 0 Å². The molecule has 3 heterocycles. The van der Waals surface area contributed by atoms with Crippen LogP contribution in [0.25, 0.3) is 0 Å². The lowest BCUT2D eigenvalue weighted by atomic mass is 9.73. The van der Waals surface area contributed by atoms with Gasteiger partial charge in [-0.3, -0.25) is 4.79 Å². The van der Waals surface area contributed by atoms with E-state index in [0.717, 1.165) is 5.69 Å². The van der Waals surface area contributed by atoms with Crippen molar-refractivity contribution in [2.45, 2.75) is 179 Å². The standard InChI is InChI=1S/C45H76N2O15/c1-13-33-45(10,53)38(49)27(4)35(47-57-24-56-20-19-54-11)25(2)22-43(8,52)40(62-42-36(48)32(21-26(3)58-42)46-31-17-15-14-16-18-31)28(5)37(29(6)41(51)60-33)61-34-23-44(9,55-12)39(50)30(7)59-34/h14-18,25-30,32-34,36-40,42,46,48-50,52-53H,13,19-24H2,1-12H3/b47-35+/t25-,26-,27+,28+,29-,30+,32+,33-,34+,36-,37+,38-,39+,40-,42+,43-,44-,45-/m1/s1. The number of oxime groups is 1. The van der Waals surface area contributed by atoms with E-state index in [0.29, 0.717) is 13.0 Å². The van der Waals surface area contributed by atoms with Crippen LogP contribution in [0.4, 0.5) is 5.69 Å². The van der Waals surface area contributed by atoms with Crippen LogP contribution in [0.1, 0.15) is 94.9 Å². The molecule has 0 radical (unpaired) electrons. The molecule has 62 heavy (non-hydrogen) atoms. The number of rotatable bonds is 14. The van der Waals surface area contributed by atoms with Crippen molar-refractivity contribution in [2.24, 2.45) is 28.8 Å². The minimum Gasteiger partial charge on any atom is -0.459 e. The maximum Gasteiger partial charge on any atom is 0.311 e. The zero-order chi connectivity index (χ0) is 46.2. The molecular weight excluding hydrogens is 808 g/mol. The molecule has 0 spiro atoms. The van der Waals surface area contributed by atoms with Gasteiger partial charge in [0.15, 0.2) is 12.6 Å². The minimum atomic E-state index is -1.98. The van der Waals surface area contributed by atoms with Crippen molar-refractivity contribution >= 4 is 17.4 Å². The highest BCUT2D eigenvalue weighted by molar-refractivity contribution is 5.88. The summed E-state index contributed by atoms with van der Waals surface area (Å²) in [6.07, 6.45) is -9.97. The second kappa shape index (κ2) is 22.6. The van der Waals surface area contributed by atoms with Crippen LogP contribution in [0.5, 0.6) is 0 Å². The molecule has 17 heteroatoms. The molecule has 1 aromatic rings. The van der Waals surface area contributed by atoms with Gasteiger partial charge in [0.25, 0.3) is 0 Å². The molecule has 0 saturated carbocycles. The second-order valence-electron chi connectivity index (χ2n) is 18.3. The summed E-state index contributed by atoms with van der Waals surface area (Å²) in [6, 6.07) is 8.97. The Morgan fingerprint density at radius 1 is 0.887 bits per heavy atom. The Kier molecular flexibility index (Phi) is 19.0. The van der Waals surface area contributed by atoms with Crippen molar-refractivity contribution in [2.75, 3.05) is 39.5 Å². The summed E-state index contributed by atoms with van der Waals surface area (Å²) in [5, 5.41) is 67.5. The number of esters is 1. The molecule has 0 bridgehead atoms. The lowest BCUT2D eigenvalue weighted by molar-refractivity contribution is -0.314. The number of aliphatic hydroxyl groups is 5. The topological polar surface area (TPSA) is 226 Å². The van der Waals surface area contributed by atoms with Gasteiger partial charge in [0.1, 0.15) is 23.9 Å². The molecule has 0 aliphatic carbocycles. The first-order valence-corrected chi connectivity index (χ1v) is 22.1. The molecule has 0 aromatic heterocycles.